The summed E-state index contributed by atoms with van der Waals surface area (Å²) >= 11 is 6.93. The number of thiophene rings is 1. The Kier molecular flexibility index (Phi) is 3.23. The summed E-state index contributed by atoms with van der Waals surface area (Å²) in [5.41, 5.74) is 0.0416. The van der Waals surface area contributed by atoms with E-state index < -0.39 is 17.7 Å². The standard InChI is InChI=1S/C11H7ClF2OS/c12-6-3-10(16-5-6)11(15)8-2-1-7(13)4-9(8)14/h1-5,11,15H. The highest BCUT2D eigenvalue weighted by Gasteiger charge is 2.17. The van der Waals surface area contributed by atoms with Gasteiger partial charge in [0.1, 0.15) is 17.7 Å². The Hall–Kier alpha value is -0.970. The van der Waals surface area contributed by atoms with Crippen molar-refractivity contribution in [2.75, 3.05) is 0 Å². The van der Waals surface area contributed by atoms with E-state index in [1.807, 2.05) is 0 Å². The van der Waals surface area contributed by atoms with E-state index in [0.717, 1.165) is 12.1 Å². The second kappa shape index (κ2) is 4.49. The van der Waals surface area contributed by atoms with Crippen molar-refractivity contribution in [3.63, 3.8) is 0 Å². The van der Waals surface area contributed by atoms with Gasteiger partial charge in [-0.2, -0.15) is 0 Å². The monoisotopic (exact) mass is 260 g/mol. The molecule has 2 rings (SSSR count). The SMILES string of the molecule is OC(c1cc(Cl)cs1)c1ccc(F)cc1F. The van der Waals surface area contributed by atoms with Gasteiger partial charge in [-0.15, -0.1) is 11.3 Å². The first-order valence-electron chi connectivity index (χ1n) is 4.45. The molecule has 1 aromatic heterocycles. The third kappa shape index (κ3) is 2.24. The Morgan fingerprint density at radius 3 is 2.56 bits per heavy atom. The number of halogens is 3. The van der Waals surface area contributed by atoms with E-state index in [2.05, 4.69) is 0 Å². The topological polar surface area (TPSA) is 20.2 Å². The van der Waals surface area contributed by atoms with Gasteiger partial charge in [0, 0.05) is 21.9 Å². The lowest BCUT2D eigenvalue weighted by Gasteiger charge is -2.09. The summed E-state index contributed by atoms with van der Waals surface area (Å²) in [5.74, 6) is -1.44. The molecular formula is C11H7ClF2OS. The first-order chi connectivity index (χ1) is 7.58. The molecule has 1 heterocycles. The first-order valence-corrected chi connectivity index (χ1v) is 5.70. The molecule has 0 amide bonds. The third-order valence-corrected chi connectivity index (χ3v) is 3.45. The summed E-state index contributed by atoms with van der Waals surface area (Å²) in [7, 11) is 0. The summed E-state index contributed by atoms with van der Waals surface area (Å²) in [4.78, 5) is 0.524. The van der Waals surface area contributed by atoms with Crippen molar-refractivity contribution in [3.05, 3.63) is 56.7 Å². The molecule has 0 bridgehead atoms. The fourth-order valence-corrected chi connectivity index (χ4v) is 2.43. The van der Waals surface area contributed by atoms with Crippen molar-refractivity contribution in [2.45, 2.75) is 6.10 Å². The van der Waals surface area contributed by atoms with Crippen LogP contribution in [0.2, 0.25) is 5.02 Å². The van der Waals surface area contributed by atoms with Crippen LogP contribution in [-0.4, -0.2) is 5.11 Å². The first kappa shape index (κ1) is 11.5. The molecule has 0 saturated heterocycles. The van der Waals surface area contributed by atoms with Crippen LogP contribution in [0.3, 0.4) is 0 Å². The zero-order chi connectivity index (χ0) is 11.7. The molecule has 5 heteroatoms. The van der Waals surface area contributed by atoms with Crippen LogP contribution < -0.4 is 0 Å². The van der Waals surface area contributed by atoms with Gasteiger partial charge >= 0.3 is 0 Å². The van der Waals surface area contributed by atoms with E-state index in [9.17, 15) is 13.9 Å². The Balaban J connectivity index is 2.37. The number of benzene rings is 1. The molecule has 0 saturated carbocycles. The normalized spacial score (nSPS) is 12.8. The van der Waals surface area contributed by atoms with Crippen molar-refractivity contribution >= 4 is 22.9 Å². The lowest BCUT2D eigenvalue weighted by atomic mass is 10.1. The number of aliphatic hydroxyl groups is 1. The van der Waals surface area contributed by atoms with Crippen LogP contribution in [0.5, 0.6) is 0 Å². The summed E-state index contributed by atoms with van der Waals surface area (Å²) in [5, 5.41) is 12.0. The maximum absolute atomic E-state index is 13.4. The Morgan fingerprint density at radius 1 is 1.25 bits per heavy atom. The highest BCUT2D eigenvalue weighted by atomic mass is 35.5. The molecule has 0 aliphatic heterocycles. The van der Waals surface area contributed by atoms with Crippen molar-refractivity contribution < 1.29 is 13.9 Å². The summed E-state index contributed by atoms with van der Waals surface area (Å²) in [6.07, 6.45) is -1.11. The fraction of sp³-hybridized carbons (Fsp3) is 0.0909. The lowest BCUT2D eigenvalue weighted by molar-refractivity contribution is 0.218. The molecule has 0 fully saturated rings. The molecule has 1 aromatic carbocycles. The van der Waals surface area contributed by atoms with E-state index >= 15 is 0 Å². The van der Waals surface area contributed by atoms with E-state index in [-0.39, 0.29) is 5.56 Å². The van der Waals surface area contributed by atoms with Gasteiger partial charge in [-0.1, -0.05) is 17.7 Å². The number of hydrogen-bond acceptors (Lipinski definition) is 2. The fourth-order valence-electron chi connectivity index (χ4n) is 1.35. The van der Waals surface area contributed by atoms with E-state index in [4.69, 9.17) is 11.6 Å². The van der Waals surface area contributed by atoms with Crippen LogP contribution in [0.25, 0.3) is 0 Å². The number of hydrogen-bond donors (Lipinski definition) is 1. The minimum atomic E-state index is -1.11. The smallest absolute Gasteiger partial charge is 0.132 e. The van der Waals surface area contributed by atoms with Gasteiger partial charge < -0.3 is 5.11 Å². The van der Waals surface area contributed by atoms with Gasteiger partial charge in [-0.3, -0.25) is 0 Å². The molecule has 0 aliphatic carbocycles. The van der Waals surface area contributed by atoms with Gasteiger partial charge in [-0.05, 0) is 12.1 Å². The van der Waals surface area contributed by atoms with Crippen LogP contribution in [0.4, 0.5) is 8.78 Å². The quantitative estimate of drug-likeness (QED) is 0.872. The predicted molar refractivity (Wildman–Crippen MR) is 59.7 cm³/mol. The second-order valence-corrected chi connectivity index (χ2v) is 4.61. The van der Waals surface area contributed by atoms with E-state index in [0.29, 0.717) is 9.90 Å². The lowest BCUT2D eigenvalue weighted by Crippen LogP contribution is -2.00. The van der Waals surface area contributed by atoms with Crippen LogP contribution >= 0.6 is 22.9 Å². The van der Waals surface area contributed by atoms with Crippen molar-refractivity contribution in [3.8, 4) is 0 Å². The van der Waals surface area contributed by atoms with Gasteiger partial charge in [0.25, 0.3) is 0 Å². The minimum absolute atomic E-state index is 0.0416. The van der Waals surface area contributed by atoms with E-state index in [1.165, 1.54) is 17.4 Å². The molecule has 84 valence electrons. The average Bonchev–Trinajstić information content (AvgIpc) is 2.64. The third-order valence-electron chi connectivity index (χ3n) is 2.11. The predicted octanol–water partition coefficient (Wildman–Crippen LogP) is 3.76. The highest BCUT2D eigenvalue weighted by Crippen LogP contribution is 2.31. The molecule has 1 N–H and O–H groups in total. The van der Waals surface area contributed by atoms with Gasteiger partial charge in [0.15, 0.2) is 0 Å². The molecule has 16 heavy (non-hydrogen) atoms. The van der Waals surface area contributed by atoms with Crippen molar-refractivity contribution in [1.82, 2.24) is 0 Å². The zero-order valence-corrected chi connectivity index (χ0v) is 9.53. The minimum Gasteiger partial charge on any atom is -0.383 e. The molecule has 0 aliphatic rings. The molecule has 0 radical (unpaired) electrons. The molecule has 1 unspecified atom stereocenters. The Labute approximate surface area is 99.9 Å². The Bertz CT molecular complexity index is 512. The summed E-state index contributed by atoms with van der Waals surface area (Å²) in [6.45, 7) is 0. The summed E-state index contributed by atoms with van der Waals surface area (Å²) in [6, 6.07) is 4.63. The number of aliphatic hydroxyl groups excluding tert-OH is 1. The summed E-state index contributed by atoms with van der Waals surface area (Å²) < 4.78 is 26.0. The van der Waals surface area contributed by atoms with E-state index in [1.54, 1.807) is 11.4 Å². The van der Waals surface area contributed by atoms with Crippen LogP contribution in [0.15, 0.2) is 29.6 Å². The van der Waals surface area contributed by atoms with Gasteiger partial charge in [0.2, 0.25) is 0 Å². The zero-order valence-electron chi connectivity index (χ0n) is 7.95. The van der Waals surface area contributed by atoms with Crippen molar-refractivity contribution in [2.24, 2.45) is 0 Å². The van der Waals surface area contributed by atoms with Gasteiger partial charge in [-0.25, -0.2) is 8.78 Å². The van der Waals surface area contributed by atoms with Crippen molar-refractivity contribution in [1.29, 1.82) is 0 Å². The average molecular weight is 261 g/mol. The molecular weight excluding hydrogens is 254 g/mol. The maximum Gasteiger partial charge on any atom is 0.132 e. The van der Waals surface area contributed by atoms with Crippen LogP contribution in [-0.2, 0) is 0 Å². The molecule has 0 spiro atoms. The number of rotatable bonds is 2. The molecule has 1 nitrogen and oxygen atoms in total. The Morgan fingerprint density at radius 2 is 2.00 bits per heavy atom. The molecule has 2 aromatic rings. The van der Waals surface area contributed by atoms with Gasteiger partial charge in [0.05, 0.1) is 5.02 Å². The van der Waals surface area contributed by atoms with Crippen LogP contribution in [0.1, 0.15) is 16.5 Å². The molecule has 1 atom stereocenters. The largest absolute Gasteiger partial charge is 0.383 e. The maximum atomic E-state index is 13.4. The highest BCUT2D eigenvalue weighted by molar-refractivity contribution is 7.10. The van der Waals surface area contributed by atoms with Crippen LogP contribution in [0, 0.1) is 11.6 Å². The second-order valence-electron chi connectivity index (χ2n) is 3.24.